The molecule has 0 radical (unpaired) electrons. The third-order valence-corrected chi connectivity index (χ3v) is 4.08. The molecule has 2 N–H and O–H groups in total. The van der Waals surface area contributed by atoms with E-state index in [4.69, 9.17) is 0 Å². The maximum atomic E-state index is 4.40. The molecule has 1 heterocycles. The zero-order chi connectivity index (χ0) is 11.5. The van der Waals surface area contributed by atoms with Crippen LogP contribution in [0.2, 0.25) is 0 Å². The third-order valence-electron chi connectivity index (χ3n) is 4.08. The number of hydrogen-bond donors (Lipinski definition) is 2. The zero-order valence-corrected chi connectivity index (χ0v) is 10.5. The van der Waals surface area contributed by atoms with E-state index in [1.165, 1.54) is 62.8 Å². The molecule has 17 heavy (non-hydrogen) atoms. The van der Waals surface area contributed by atoms with E-state index in [1.54, 1.807) is 0 Å². The lowest BCUT2D eigenvalue weighted by Gasteiger charge is -2.15. The Morgan fingerprint density at radius 2 is 1.88 bits per heavy atom. The monoisotopic (exact) mass is 233 g/mol. The predicted molar refractivity (Wildman–Crippen MR) is 68.9 cm³/mol. The average Bonchev–Trinajstić information content (AvgIpc) is 3.13. The molecule has 0 saturated heterocycles. The van der Waals surface area contributed by atoms with Crippen LogP contribution in [0, 0.1) is 0 Å². The van der Waals surface area contributed by atoms with Crippen LogP contribution in [0.15, 0.2) is 6.07 Å². The number of nitrogens with zero attached hydrogens (tertiary/aromatic N) is 1. The molecular formula is C14H23N3. The fourth-order valence-electron chi connectivity index (χ4n) is 2.80. The Hall–Kier alpha value is -0.830. The quantitative estimate of drug-likeness (QED) is 0.785. The molecule has 2 aliphatic carbocycles. The summed E-state index contributed by atoms with van der Waals surface area (Å²) in [7, 11) is 0. The molecule has 1 aromatic heterocycles. The second kappa shape index (κ2) is 5.21. The number of H-pyrrole nitrogens is 1. The molecule has 2 fully saturated rings. The first kappa shape index (κ1) is 11.3. The highest BCUT2D eigenvalue weighted by Gasteiger charge is 2.26. The van der Waals surface area contributed by atoms with Gasteiger partial charge in [0, 0.05) is 24.2 Å². The lowest BCUT2D eigenvalue weighted by molar-refractivity contribution is 0.456. The van der Waals surface area contributed by atoms with Crippen LogP contribution in [-0.4, -0.2) is 16.2 Å². The van der Waals surface area contributed by atoms with E-state index >= 15 is 0 Å². The molecular weight excluding hydrogens is 210 g/mol. The first-order valence-corrected chi connectivity index (χ1v) is 7.19. The van der Waals surface area contributed by atoms with E-state index < -0.39 is 0 Å². The highest BCUT2D eigenvalue weighted by atomic mass is 15.1. The largest absolute Gasteiger partial charge is 0.308 e. The fourth-order valence-corrected chi connectivity index (χ4v) is 2.80. The van der Waals surface area contributed by atoms with Crippen molar-refractivity contribution in [1.29, 1.82) is 0 Å². The van der Waals surface area contributed by atoms with E-state index in [9.17, 15) is 0 Å². The molecule has 0 unspecified atom stereocenters. The molecule has 0 amide bonds. The van der Waals surface area contributed by atoms with Gasteiger partial charge >= 0.3 is 0 Å². The first-order chi connectivity index (χ1) is 8.42. The van der Waals surface area contributed by atoms with Gasteiger partial charge in [-0.05, 0) is 31.7 Å². The molecule has 3 nitrogen and oxygen atoms in total. The summed E-state index contributed by atoms with van der Waals surface area (Å²) < 4.78 is 0. The molecule has 0 aromatic carbocycles. The van der Waals surface area contributed by atoms with Crippen LogP contribution in [0.5, 0.6) is 0 Å². The lowest BCUT2D eigenvalue weighted by atomic mass is 10.1. The van der Waals surface area contributed by atoms with Crippen molar-refractivity contribution in [2.45, 2.75) is 69.9 Å². The van der Waals surface area contributed by atoms with Crippen LogP contribution in [0.4, 0.5) is 0 Å². The Morgan fingerprint density at radius 3 is 2.59 bits per heavy atom. The van der Waals surface area contributed by atoms with Crippen LogP contribution in [0.3, 0.4) is 0 Å². The minimum atomic E-state index is 0.727. The van der Waals surface area contributed by atoms with E-state index in [0.717, 1.165) is 18.5 Å². The molecule has 0 atom stereocenters. The topological polar surface area (TPSA) is 40.7 Å². The second-order valence-corrected chi connectivity index (χ2v) is 5.66. The van der Waals surface area contributed by atoms with Gasteiger partial charge in [0.2, 0.25) is 0 Å². The molecule has 0 aliphatic heterocycles. The summed E-state index contributed by atoms with van der Waals surface area (Å²) in [5.74, 6) is 0.762. The molecule has 2 saturated carbocycles. The van der Waals surface area contributed by atoms with Crippen LogP contribution < -0.4 is 5.32 Å². The van der Waals surface area contributed by atoms with Crippen molar-refractivity contribution < 1.29 is 0 Å². The van der Waals surface area contributed by atoms with E-state index in [-0.39, 0.29) is 0 Å². The van der Waals surface area contributed by atoms with Crippen molar-refractivity contribution >= 4 is 0 Å². The first-order valence-electron chi connectivity index (χ1n) is 7.19. The van der Waals surface area contributed by atoms with Gasteiger partial charge in [0.15, 0.2) is 0 Å². The Bertz CT molecular complexity index is 346. The van der Waals surface area contributed by atoms with Crippen LogP contribution >= 0.6 is 0 Å². The zero-order valence-electron chi connectivity index (χ0n) is 10.5. The Labute approximate surface area is 103 Å². The van der Waals surface area contributed by atoms with E-state index in [1.807, 2.05) is 0 Å². The number of aromatic nitrogens is 2. The Morgan fingerprint density at radius 1 is 1.12 bits per heavy atom. The smallest absolute Gasteiger partial charge is 0.0656 e. The minimum Gasteiger partial charge on any atom is -0.308 e. The molecule has 3 rings (SSSR count). The van der Waals surface area contributed by atoms with Gasteiger partial charge in [0.05, 0.1) is 5.69 Å². The highest BCUT2D eigenvalue weighted by molar-refractivity contribution is 5.17. The van der Waals surface area contributed by atoms with Crippen molar-refractivity contribution in [2.75, 3.05) is 0 Å². The molecule has 0 bridgehead atoms. The number of nitrogens with one attached hydrogen (secondary N) is 2. The van der Waals surface area contributed by atoms with E-state index in [0.29, 0.717) is 0 Å². The summed E-state index contributed by atoms with van der Waals surface area (Å²) in [5.41, 5.74) is 2.54. The average molecular weight is 233 g/mol. The van der Waals surface area contributed by atoms with Crippen molar-refractivity contribution in [3.8, 4) is 0 Å². The molecule has 3 heteroatoms. The SMILES string of the molecule is c1c(C2CC2)n[nH]c1CNC1CCCCCC1. The maximum absolute atomic E-state index is 4.40. The molecule has 0 spiro atoms. The highest BCUT2D eigenvalue weighted by Crippen LogP contribution is 2.38. The second-order valence-electron chi connectivity index (χ2n) is 5.66. The summed E-state index contributed by atoms with van der Waals surface area (Å²) in [4.78, 5) is 0. The summed E-state index contributed by atoms with van der Waals surface area (Å²) in [6, 6.07) is 2.98. The standard InChI is InChI=1S/C14H23N3/c1-2-4-6-12(5-3-1)15-10-13-9-14(17-16-13)11-7-8-11/h9,11-12,15H,1-8,10H2,(H,16,17). The van der Waals surface area contributed by atoms with Gasteiger partial charge < -0.3 is 5.32 Å². The van der Waals surface area contributed by atoms with Gasteiger partial charge in [0.25, 0.3) is 0 Å². The van der Waals surface area contributed by atoms with Crippen LogP contribution in [0.1, 0.15) is 68.7 Å². The van der Waals surface area contributed by atoms with Gasteiger partial charge in [-0.25, -0.2) is 0 Å². The summed E-state index contributed by atoms with van der Waals surface area (Å²) >= 11 is 0. The summed E-state index contributed by atoms with van der Waals surface area (Å²) in [6.07, 6.45) is 11.0. The number of rotatable bonds is 4. The van der Waals surface area contributed by atoms with Crippen molar-refractivity contribution in [3.05, 3.63) is 17.5 Å². The summed E-state index contributed by atoms with van der Waals surface area (Å²) in [6.45, 7) is 0.963. The van der Waals surface area contributed by atoms with Crippen molar-refractivity contribution in [2.24, 2.45) is 0 Å². The van der Waals surface area contributed by atoms with Gasteiger partial charge in [-0.2, -0.15) is 5.10 Å². The van der Waals surface area contributed by atoms with Crippen LogP contribution in [-0.2, 0) is 6.54 Å². The normalized spacial score (nSPS) is 22.6. The van der Waals surface area contributed by atoms with Gasteiger partial charge in [-0.15, -0.1) is 0 Å². The predicted octanol–water partition coefficient (Wildman–Crippen LogP) is 3.10. The van der Waals surface area contributed by atoms with Gasteiger partial charge in [-0.1, -0.05) is 25.7 Å². The number of aromatic amines is 1. The Balaban J connectivity index is 1.48. The van der Waals surface area contributed by atoms with E-state index in [2.05, 4.69) is 21.6 Å². The number of hydrogen-bond acceptors (Lipinski definition) is 2. The Kier molecular flexibility index (Phi) is 3.46. The molecule has 94 valence electrons. The lowest BCUT2D eigenvalue weighted by Crippen LogP contribution is -2.27. The minimum absolute atomic E-state index is 0.727. The van der Waals surface area contributed by atoms with Crippen molar-refractivity contribution in [3.63, 3.8) is 0 Å². The third kappa shape index (κ3) is 3.09. The maximum Gasteiger partial charge on any atom is 0.0656 e. The molecule has 2 aliphatic rings. The fraction of sp³-hybridized carbons (Fsp3) is 0.786. The van der Waals surface area contributed by atoms with Crippen molar-refractivity contribution in [1.82, 2.24) is 15.5 Å². The summed E-state index contributed by atoms with van der Waals surface area (Å²) in [5, 5.41) is 11.2. The van der Waals surface area contributed by atoms with Crippen LogP contribution in [0.25, 0.3) is 0 Å². The van der Waals surface area contributed by atoms with Gasteiger partial charge in [-0.3, -0.25) is 5.10 Å². The molecule has 1 aromatic rings. The van der Waals surface area contributed by atoms with Gasteiger partial charge in [0.1, 0.15) is 0 Å².